The molecule has 2 aromatic rings. The van der Waals surface area contributed by atoms with Crippen LogP contribution in [-0.2, 0) is 0 Å². The summed E-state index contributed by atoms with van der Waals surface area (Å²) in [6.07, 6.45) is 0. The average molecular weight is 261 g/mol. The first-order valence-corrected chi connectivity index (χ1v) is 7.00. The molecule has 0 saturated carbocycles. The zero-order valence-electron chi connectivity index (χ0n) is 11.0. The van der Waals surface area contributed by atoms with Gasteiger partial charge in [0.15, 0.2) is 0 Å². The van der Waals surface area contributed by atoms with Crippen LogP contribution in [0.15, 0.2) is 45.7 Å². The number of benzene rings is 1. The van der Waals surface area contributed by atoms with Gasteiger partial charge >= 0.3 is 0 Å². The van der Waals surface area contributed by atoms with Crippen LogP contribution in [0.2, 0.25) is 0 Å². The number of rotatable bonds is 4. The minimum Gasteiger partial charge on any atom is -0.465 e. The summed E-state index contributed by atoms with van der Waals surface area (Å²) in [5.41, 5.74) is 7.37. The normalized spacial score (nSPS) is 14.4. The Hall–Kier alpha value is -1.19. The highest BCUT2D eigenvalue weighted by Crippen LogP contribution is 2.39. The predicted molar refractivity (Wildman–Crippen MR) is 76.9 cm³/mol. The van der Waals surface area contributed by atoms with Crippen LogP contribution >= 0.6 is 11.8 Å². The zero-order valence-corrected chi connectivity index (χ0v) is 11.8. The molecule has 2 nitrogen and oxygen atoms in total. The first-order valence-electron chi connectivity index (χ1n) is 6.12. The van der Waals surface area contributed by atoms with E-state index in [1.165, 1.54) is 10.5 Å². The molecule has 0 aliphatic rings. The molecule has 1 aromatic heterocycles. The molecule has 0 spiro atoms. The molecule has 18 heavy (non-hydrogen) atoms. The Kier molecular flexibility index (Phi) is 4.15. The van der Waals surface area contributed by atoms with Gasteiger partial charge in [0, 0.05) is 10.9 Å². The van der Waals surface area contributed by atoms with Crippen molar-refractivity contribution in [3.63, 3.8) is 0 Å². The van der Waals surface area contributed by atoms with Crippen LogP contribution in [0.4, 0.5) is 0 Å². The van der Waals surface area contributed by atoms with Crippen LogP contribution in [0.3, 0.4) is 0 Å². The van der Waals surface area contributed by atoms with Gasteiger partial charge in [0.2, 0.25) is 0 Å². The fraction of sp³-hybridized carbons (Fsp3) is 0.333. The zero-order chi connectivity index (χ0) is 13.1. The molecular weight excluding hydrogens is 242 g/mol. The predicted octanol–water partition coefficient (Wildman–Crippen LogP) is 4.08. The third-order valence-electron chi connectivity index (χ3n) is 2.87. The molecule has 2 unspecified atom stereocenters. The van der Waals surface area contributed by atoms with E-state index in [9.17, 15) is 0 Å². The molecular formula is C15H19NOS. The molecule has 0 radical (unpaired) electrons. The fourth-order valence-corrected chi connectivity index (χ4v) is 3.00. The summed E-state index contributed by atoms with van der Waals surface area (Å²) >= 11 is 1.77. The minimum absolute atomic E-state index is 0.0418. The number of hydrogen-bond acceptors (Lipinski definition) is 3. The van der Waals surface area contributed by atoms with Crippen molar-refractivity contribution in [1.82, 2.24) is 0 Å². The van der Waals surface area contributed by atoms with E-state index in [4.69, 9.17) is 10.2 Å². The molecule has 96 valence electrons. The van der Waals surface area contributed by atoms with Crippen molar-refractivity contribution in [3.05, 3.63) is 53.5 Å². The topological polar surface area (TPSA) is 39.2 Å². The molecule has 2 atom stereocenters. The van der Waals surface area contributed by atoms with E-state index in [0.29, 0.717) is 0 Å². The van der Waals surface area contributed by atoms with E-state index in [0.717, 1.165) is 11.5 Å². The van der Waals surface area contributed by atoms with E-state index in [2.05, 4.69) is 31.2 Å². The average Bonchev–Trinajstić information content (AvgIpc) is 2.74. The van der Waals surface area contributed by atoms with Crippen LogP contribution in [0.25, 0.3) is 0 Å². The summed E-state index contributed by atoms with van der Waals surface area (Å²) in [5, 5.41) is 0.153. The third kappa shape index (κ3) is 2.98. The van der Waals surface area contributed by atoms with Gasteiger partial charge in [-0.05, 0) is 44.5 Å². The van der Waals surface area contributed by atoms with Crippen LogP contribution in [0.5, 0.6) is 0 Å². The second-order valence-electron chi connectivity index (χ2n) is 4.61. The lowest BCUT2D eigenvalue weighted by molar-refractivity contribution is 0.465. The Morgan fingerprint density at radius 2 is 1.83 bits per heavy atom. The van der Waals surface area contributed by atoms with Crippen LogP contribution < -0.4 is 5.73 Å². The van der Waals surface area contributed by atoms with Gasteiger partial charge in [0.1, 0.15) is 11.5 Å². The van der Waals surface area contributed by atoms with Gasteiger partial charge in [-0.15, -0.1) is 11.8 Å². The smallest absolute Gasteiger partial charge is 0.119 e. The van der Waals surface area contributed by atoms with Crippen molar-refractivity contribution in [2.75, 3.05) is 0 Å². The van der Waals surface area contributed by atoms with E-state index >= 15 is 0 Å². The van der Waals surface area contributed by atoms with E-state index < -0.39 is 0 Å². The Balaban J connectivity index is 2.25. The quantitative estimate of drug-likeness (QED) is 0.843. The monoisotopic (exact) mass is 261 g/mol. The van der Waals surface area contributed by atoms with Crippen molar-refractivity contribution in [2.45, 2.75) is 37.0 Å². The standard InChI is InChI=1S/C15H19NOS/c1-10-6-4-5-7-14(10)18-15(12(3)16)13-9-8-11(2)17-13/h4-9,12,15H,16H2,1-3H3. The second kappa shape index (κ2) is 5.63. The molecule has 3 heteroatoms. The van der Waals surface area contributed by atoms with E-state index in [1.54, 1.807) is 11.8 Å². The largest absolute Gasteiger partial charge is 0.465 e. The summed E-state index contributed by atoms with van der Waals surface area (Å²) in [6, 6.07) is 12.4. The van der Waals surface area contributed by atoms with E-state index in [-0.39, 0.29) is 11.3 Å². The fourth-order valence-electron chi connectivity index (χ4n) is 1.86. The highest BCUT2D eigenvalue weighted by molar-refractivity contribution is 7.99. The second-order valence-corrected chi connectivity index (χ2v) is 5.79. The van der Waals surface area contributed by atoms with Gasteiger partial charge in [0.25, 0.3) is 0 Å². The molecule has 0 saturated heterocycles. The van der Waals surface area contributed by atoms with Crippen molar-refractivity contribution >= 4 is 11.8 Å². The lowest BCUT2D eigenvalue weighted by atomic mass is 10.2. The molecule has 1 aromatic carbocycles. The summed E-state index contributed by atoms with van der Waals surface area (Å²) in [5.74, 6) is 1.89. The Morgan fingerprint density at radius 3 is 2.39 bits per heavy atom. The van der Waals surface area contributed by atoms with Gasteiger partial charge < -0.3 is 10.2 Å². The molecule has 0 aliphatic carbocycles. The van der Waals surface area contributed by atoms with Crippen molar-refractivity contribution in [2.24, 2.45) is 5.73 Å². The Morgan fingerprint density at radius 1 is 1.11 bits per heavy atom. The molecule has 2 rings (SSSR count). The van der Waals surface area contributed by atoms with Gasteiger partial charge in [-0.3, -0.25) is 0 Å². The molecule has 0 amide bonds. The van der Waals surface area contributed by atoms with E-state index in [1.807, 2.05) is 26.0 Å². The highest BCUT2D eigenvalue weighted by Gasteiger charge is 2.21. The van der Waals surface area contributed by atoms with Crippen LogP contribution in [0, 0.1) is 13.8 Å². The summed E-state index contributed by atoms with van der Waals surface area (Å²) in [7, 11) is 0. The number of thioether (sulfide) groups is 1. The molecule has 0 fully saturated rings. The lowest BCUT2D eigenvalue weighted by Gasteiger charge is -2.19. The van der Waals surface area contributed by atoms with Crippen molar-refractivity contribution in [1.29, 1.82) is 0 Å². The first kappa shape index (κ1) is 13.2. The Bertz CT molecular complexity index is 519. The minimum atomic E-state index is 0.0418. The first-order chi connectivity index (χ1) is 8.58. The van der Waals surface area contributed by atoms with Crippen LogP contribution in [0.1, 0.15) is 29.3 Å². The summed E-state index contributed by atoms with van der Waals surface area (Å²) in [4.78, 5) is 1.26. The molecule has 0 aliphatic heterocycles. The summed E-state index contributed by atoms with van der Waals surface area (Å²) < 4.78 is 5.72. The number of nitrogens with two attached hydrogens (primary N) is 1. The van der Waals surface area contributed by atoms with Gasteiger partial charge in [-0.1, -0.05) is 18.2 Å². The molecule has 2 N–H and O–H groups in total. The lowest BCUT2D eigenvalue weighted by Crippen LogP contribution is -2.22. The molecule has 1 heterocycles. The highest BCUT2D eigenvalue weighted by atomic mass is 32.2. The van der Waals surface area contributed by atoms with Crippen molar-refractivity contribution < 1.29 is 4.42 Å². The summed E-state index contributed by atoms with van der Waals surface area (Å²) in [6.45, 7) is 6.10. The van der Waals surface area contributed by atoms with Gasteiger partial charge in [0.05, 0.1) is 5.25 Å². The molecule has 0 bridgehead atoms. The van der Waals surface area contributed by atoms with Crippen LogP contribution in [-0.4, -0.2) is 6.04 Å². The maximum absolute atomic E-state index is 6.10. The number of furan rings is 1. The number of aryl methyl sites for hydroxylation is 2. The van der Waals surface area contributed by atoms with Gasteiger partial charge in [-0.25, -0.2) is 0 Å². The number of hydrogen-bond donors (Lipinski definition) is 1. The SMILES string of the molecule is Cc1ccc(C(Sc2ccccc2C)C(C)N)o1. The Labute approximate surface area is 113 Å². The van der Waals surface area contributed by atoms with Crippen molar-refractivity contribution in [3.8, 4) is 0 Å². The third-order valence-corrected chi connectivity index (χ3v) is 4.49. The van der Waals surface area contributed by atoms with Gasteiger partial charge in [-0.2, -0.15) is 0 Å². The maximum atomic E-state index is 6.10. The maximum Gasteiger partial charge on any atom is 0.119 e.